The van der Waals surface area contributed by atoms with Crippen molar-refractivity contribution >= 4 is 17.6 Å². The van der Waals surface area contributed by atoms with Crippen molar-refractivity contribution in [3.05, 3.63) is 47.3 Å². The summed E-state index contributed by atoms with van der Waals surface area (Å²) < 4.78 is 41.0. The third-order valence-electron chi connectivity index (χ3n) is 3.45. The fourth-order valence-corrected chi connectivity index (χ4v) is 2.35. The van der Waals surface area contributed by atoms with Crippen molar-refractivity contribution < 1.29 is 27.5 Å². The summed E-state index contributed by atoms with van der Waals surface area (Å²) in [6.07, 6.45) is -3.10. The van der Waals surface area contributed by atoms with E-state index in [-0.39, 0.29) is 30.1 Å². The Morgan fingerprint density at radius 2 is 1.96 bits per heavy atom. The Morgan fingerprint density at radius 1 is 1.25 bits per heavy atom. The van der Waals surface area contributed by atoms with Crippen molar-refractivity contribution in [2.75, 3.05) is 19.0 Å². The normalized spacial score (nSPS) is 11.1. The summed E-state index contributed by atoms with van der Waals surface area (Å²) in [5.41, 5.74) is 1.52. The Bertz CT molecular complexity index is 854. The minimum absolute atomic E-state index is 0.153. The minimum Gasteiger partial charge on any atom is -0.468 e. The molecule has 0 atom stereocenters. The van der Waals surface area contributed by atoms with E-state index in [1.807, 2.05) is 0 Å². The Morgan fingerprint density at radius 3 is 2.54 bits per heavy atom. The van der Waals surface area contributed by atoms with Gasteiger partial charge in [0.25, 0.3) is 5.91 Å². The number of nitrogens with one attached hydrogen (secondary N) is 1. The molecule has 0 fully saturated rings. The van der Waals surface area contributed by atoms with E-state index in [4.69, 9.17) is 0 Å². The molecule has 1 N–H and O–H groups in total. The lowest BCUT2D eigenvalue weighted by Gasteiger charge is -2.18. The van der Waals surface area contributed by atoms with Gasteiger partial charge >= 0.3 is 6.18 Å². The molecule has 7 nitrogen and oxygen atoms in total. The molecule has 0 radical (unpaired) electrons. The van der Waals surface area contributed by atoms with Crippen molar-refractivity contribution in [1.82, 2.24) is 14.9 Å². The molecule has 0 aliphatic carbocycles. The van der Waals surface area contributed by atoms with E-state index in [9.17, 15) is 22.8 Å². The van der Waals surface area contributed by atoms with Gasteiger partial charge in [0.1, 0.15) is 5.82 Å². The van der Waals surface area contributed by atoms with Gasteiger partial charge in [-0.25, -0.2) is 9.97 Å². The first-order chi connectivity index (χ1) is 13.0. The number of aryl methyl sites for hydroxylation is 1. The third kappa shape index (κ3) is 6.53. The fourth-order valence-electron chi connectivity index (χ4n) is 2.35. The van der Waals surface area contributed by atoms with E-state index >= 15 is 0 Å². The van der Waals surface area contributed by atoms with Crippen molar-refractivity contribution in [1.29, 1.82) is 0 Å². The zero-order valence-electron chi connectivity index (χ0n) is 15.5. The summed E-state index contributed by atoms with van der Waals surface area (Å²) >= 11 is 0. The second-order valence-corrected chi connectivity index (χ2v) is 6.13. The molecule has 0 aliphatic rings. The maximum atomic E-state index is 12.6. The van der Waals surface area contributed by atoms with Gasteiger partial charge in [-0.15, -0.1) is 0 Å². The van der Waals surface area contributed by atoms with Crippen LogP contribution in [0.5, 0.6) is 5.88 Å². The first kappa shape index (κ1) is 21.1. The highest BCUT2D eigenvalue weighted by Gasteiger charge is 2.28. The maximum Gasteiger partial charge on any atom is 0.422 e. The zero-order valence-corrected chi connectivity index (χ0v) is 15.5. The SMILES string of the molecule is CC(=O)Nc1cc(C(=O)N(C)Cc2ccc(OCC(F)(F)F)nc2)cc(C)n1. The monoisotopic (exact) mass is 396 g/mol. The summed E-state index contributed by atoms with van der Waals surface area (Å²) in [7, 11) is 1.57. The number of ether oxygens (including phenoxy) is 1. The first-order valence-electron chi connectivity index (χ1n) is 8.20. The molecular weight excluding hydrogens is 377 g/mol. The number of halogens is 3. The molecule has 0 aliphatic heterocycles. The highest BCUT2D eigenvalue weighted by molar-refractivity contribution is 5.96. The predicted octanol–water partition coefficient (Wildman–Crippen LogP) is 2.96. The summed E-state index contributed by atoms with van der Waals surface area (Å²) in [5.74, 6) is -0.491. The van der Waals surface area contributed by atoms with Crippen LogP contribution >= 0.6 is 0 Å². The fraction of sp³-hybridized carbons (Fsp3) is 0.333. The molecule has 0 aromatic carbocycles. The van der Waals surface area contributed by atoms with Crippen molar-refractivity contribution in [2.24, 2.45) is 0 Å². The average molecular weight is 396 g/mol. The number of aromatic nitrogens is 2. The molecule has 2 rings (SSSR count). The van der Waals surface area contributed by atoms with Crippen LogP contribution in [0.3, 0.4) is 0 Å². The van der Waals surface area contributed by atoms with E-state index in [1.165, 1.54) is 36.2 Å². The van der Waals surface area contributed by atoms with Gasteiger partial charge in [0.05, 0.1) is 0 Å². The molecule has 10 heteroatoms. The molecule has 2 amide bonds. The number of alkyl halides is 3. The van der Waals surface area contributed by atoms with E-state index < -0.39 is 12.8 Å². The number of rotatable bonds is 6. The van der Waals surface area contributed by atoms with Gasteiger partial charge in [-0.05, 0) is 24.6 Å². The Balaban J connectivity index is 2.04. The Kier molecular flexibility index (Phi) is 6.55. The molecule has 0 saturated carbocycles. The molecular formula is C18H19F3N4O3. The largest absolute Gasteiger partial charge is 0.468 e. The van der Waals surface area contributed by atoms with Gasteiger partial charge in [0.2, 0.25) is 11.8 Å². The third-order valence-corrected chi connectivity index (χ3v) is 3.45. The Hall–Kier alpha value is -3.17. The molecule has 0 saturated heterocycles. The van der Waals surface area contributed by atoms with Gasteiger partial charge in [-0.2, -0.15) is 13.2 Å². The number of hydrogen-bond donors (Lipinski definition) is 1. The number of hydrogen-bond acceptors (Lipinski definition) is 5. The molecule has 2 aromatic heterocycles. The van der Waals surface area contributed by atoms with E-state index in [0.717, 1.165) is 0 Å². The molecule has 0 spiro atoms. The van der Waals surface area contributed by atoms with Crippen LogP contribution in [0.2, 0.25) is 0 Å². The number of pyridine rings is 2. The van der Waals surface area contributed by atoms with Crippen LogP contribution in [0.4, 0.5) is 19.0 Å². The van der Waals surface area contributed by atoms with E-state index in [1.54, 1.807) is 20.0 Å². The van der Waals surface area contributed by atoms with Crippen LogP contribution in [0.25, 0.3) is 0 Å². The topological polar surface area (TPSA) is 84.4 Å². The van der Waals surface area contributed by atoms with Crippen LogP contribution in [0.15, 0.2) is 30.5 Å². The minimum atomic E-state index is -4.44. The number of anilines is 1. The van der Waals surface area contributed by atoms with Crippen LogP contribution in [-0.2, 0) is 11.3 Å². The van der Waals surface area contributed by atoms with E-state index in [2.05, 4.69) is 20.0 Å². The smallest absolute Gasteiger partial charge is 0.422 e. The summed E-state index contributed by atoms with van der Waals surface area (Å²) in [4.78, 5) is 33.2. The highest BCUT2D eigenvalue weighted by atomic mass is 19.4. The Labute approximate surface area is 159 Å². The number of amides is 2. The predicted molar refractivity (Wildman–Crippen MR) is 94.9 cm³/mol. The van der Waals surface area contributed by atoms with Gasteiger partial charge < -0.3 is 15.0 Å². The molecule has 2 aromatic rings. The highest BCUT2D eigenvalue weighted by Crippen LogP contribution is 2.18. The molecule has 0 bridgehead atoms. The molecule has 150 valence electrons. The maximum absolute atomic E-state index is 12.6. The quantitative estimate of drug-likeness (QED) is 0.812. The van der Waals surface area contributed by atoms with Gasteiger partial charge in [0, 0.05) is 44.0 Å². The molecule has 28 heavy (non-hydrogen) atoms. The van der Waals surface area contributed by atoms with Crippen molar-refractivity contribution in [3.8, 4) is 5.88 Å². The van der Waals surface area contributed by atoms with Gasteiger partial charge in [-0.1, -0.05) is 6.07 Å². The number of carbonyl (C=O) groups excluding carboxylic acids is 2. The molecule has 2 heterocycles. The average Bonchev–Trinajstić information content (AvgIpc) is 2.58. The lowest BCUT2D eigenvalue weighted by atomic mass is 10.2. The summed E-state index contributed by atoms with van der Waals surface area (Å²) in [6, 6.07) is 5.91. The second-order valence-electron chi connectivity index (χ2n) is 6.13. The standard InChI is InChI=1S/C18H19F3N4O3/c1-11-6-14(7-15(23-11)24-12(2)26)17(27)25(3)9-13-4-5-16(22-8-13)28-10-18(19,20)21/h4-8H,9-10H2,1-3H3,(H,23,24,26). The van der Waals surface area contributed by atoms with Crippen molar-refractivity contribution in [2.45, 2.75) is 26.6 Å². The number of carbonyl (C=O) groups is 2. The van der Waals surface area contributed by atoms with Crippen LogP contribution < -0.4 is 10.1 Å². The van der Waals surface area contributed by atoms with Crippen LogP contribution in [0, 0.1) is 6.92 Å². The van der Waals surface area contributed by atoms with Crippen LogP contribution in [0.1, 0.15) is 28.5 Å². The van der Waals surface area contributed by atoms with Gasteiger partial charge in [0.15, 0.2) is 6.61 Å². The number of nitrogens with zero attached hydrogens (tertiary/aromatic N) is 3. The first-order valence-corrected chi connectivity index (χ1v) is 8.20. The van der Waals surface area contributed by atoms with Crippen LogP contribution in [-0.4, -0.2) is 46.5 Å². The lowest BCUT2D eigenvalue weighted by molar-refractivity contribution is -0.154. The summed E-state index contributed by atoms with van der Waals surface area (Å²) in [5, 5.41) is 2.53. The lowest BCUT2D eigenvalue weighted by Crippen LogP contribution is -2.26. The second kappa shape index (κ2) is 8.68. The summed E-state index contributed by atoms with van der Waals surface area (Å²) in [6.45, 7) is 1.80. The molecule has 0 unspecified atom stereocenters. The van der Waals surface area contributed by atoms with E-state index in [0.29, 0.717) is 16.8 Å². The van der Waals surface area contributed by atoms with Crippen molar-refractivity contribution in [3.63, 3.8) is 0 Å². The zero-order chi connectivity index (χ0) is 20.9. The van der Waals surface area contributed by atoms with Gasteiger partial charge in [-0.3, -0.25) is 9.59 Å².